The van der Waals surface area contributed by atoms with Gasteiger partial charge in [0.1, 0.15) is 6.10 Å². The molecular formula is C26H30ClF3O4S. The first-order chi connectivity index (χ1) is 16.0. The van der Waals surface area contributed by atoms with Gasteiger partial charge in [0.05, 0.1) is 5.56 Å². The third-order valence-electron chi connectivity index (χ3n) is 5.97. The van der Waals surface area contributed by atoms with Crippen LogP contribution in [0.2, 0.25) is 5.02 Å². The lowest BCUT2D eigenvalue weighted by Crippen LogP contribution is -2.41. The molecule has 2 atom stereocenters. The topological polar surface area (TPSA) is 63.6 Å². The number of esters is 1. The molecule has 9 heteroatoms. The Kier molecular flexibility index (Phi) is 9.33. The van der Waals surface area contributed by atoms with Crippen LogP contribution in [0.4, 0.5) is 13.2 Å². The van der Waals surface area contributed by atoms with Gasteiger partial charge in [-0.2, -0.15) is 13.2 Å². The number of aliphatic carboxylic acids is 1. The summed E-state index contributed by atoms with van der Waals surface area (Å²) in [6.07, 6.45) is -4.00. The molecule has 2 aromatic rings. The van der Waals surface area contributed by atoms with E-state index in [1.807, 2.05) is 20.8 Å². The molecule has 0 saturated carbocycles. The Balaban J connectivity index is 2.05. The molecule has 0 aliphatic rings. The van der Waals surface area contributed by atoms with Crippen molar-refractivity contribution in [2.75, 3.05) is 0 Å². The molecule has 0 heterocycles. The van der Waals surface area contributed by atoms with E-state index in [1.54, 1.807) is 31.2 Å². The van der Waals surface area contributed by atoms with Crippen molar-refractivity contribution in [2.24, 2.45) is 10.8 Å². The van der Waals surface area contributed by atoms with Crippen LogP contribution in [0.15, 0.2) is 52.3 Å². The second-order valence-corrected chi connectivity index (χ2v) is 11.3. The molecule has 0 saturated heterocycles. The van der Waals surface area contributed by atoms with Crippen LogP contribution in [0.25, 0.3) is 0 Å². The van der Waals surface area contributed by atoms with Crippen molar-refractivity contribution in [3.63, 3.8) is 0 Å². The highest BCUT2D eigenvalue weighted by atomic mass is 35.5. The first kappa shape index (κ1) is 29.0. The number of carbonyl (C=O) groups is 2. The number of carboxylic acids is 1. The third-order valence-corrected chi connectivity index (χ3v) is 7.30. The molecule has 2 rings (SSSR count). The zero-order chi connectivity index (χ0) is 26.6. The number of carbonyl (C=O) groups excluding carboxylic acids is 1. The smallest absolute Gasteiger partial charge is 0.416 e. The Morgan fingerprint density at radius 2 is 1.69 bits per heavy atom. The highest BCUT2D eigenvalue weighted by molar-refractivity contribution is 7.99. The van der Waals surface area contributed by atoms with Crippen LogP contribution in [0.1, 0.15) is 58.6 Å². The molecule has 0 bridgehead atoms. The highest BCUT2D eigenvalue weighted by Crippen LogP contribution is 2.36. The van der Waals surface area contributed by atoms with Crippen LogP contribution in [0.5, 0.6) is 0 Å². The molecule has 0 spiro atoms. The first-order valence-electron chi connectivity index (χ1n) is 11.1. The van der Waals surface area contributed by atoms with E-state index < -0.39 is 35.2 Å². The van der Waals surface area contributed by atoms with Gasteiger partial charge in [0, 0.05) is 14.8 Å². The van der Waals surface area contributed by atoms with E-state index in [9.17, 15) is 27.9 Å². The summed E-state index contributed by atoms with van der Waals surface area (Å²) in [4.78, 5) is 25.7. The van der Waals surface area contributed by atoms with Crippen molar-refractivity contribution in [1.82, 2.24) is 0 Å². The molecule has 2 aromatic carbocycles. The van der Waals surface area contributed by atoms with Crippen molar-refractivity contribution in [3.8, 4) is 0 Å². The number of alkyl halides is 3. The number of rotatable bonds is 9. The number of hydrogen-bond donors (Lipinski definition) is 1. The second-order valence-electron chi connectivity index (χ2n) is 9.79. The van der Waals surface area contributed by atoms with E-state index in [4.69, 9.17) is 16.3 Å². The molecule has 2 unspecified atom stereocenters. The average Bonchev–Trinajstić information content (AvgIpc) is 2.73. The first-order valence-corrected chi connectivity index (χ1v) is 12.3. The molecule has 1 N–H and O–H groups in total. The Morgan fingerprint density at radius 3 is 2.23 bits per heavy atom. The maximum Gasteiger partial charge on any atom is 0.416 e. The summed E-state index contributed by atoms with van der Waals surface area (Å²) >= 11 is 7.55. The zero-order valence-electron chi connectivity index (χ0n) is 20.3. The van der Waals surface area contributed by atoms with E-state index in [1.165, 1.54) is 13.0 Å². The Labute approximate surface area is 213 Å². The number of carboxylic acid groups (broad SMARTS) is 1. The predicted molar refractivity (Wildman–Crippen MR) is 131 cm³/mol. The van der Waals surface area contributed by atoms with Crippen LogP contribution < -0.4 is 0 Å². The van der Waals surface area contributed by atoms with Gasteiger partial charge in [0.25, 0.3) is 0 Å². The van der Waals surface area contributed by atoms with Gasteiger partial charge >= 0.3 is 18.1 Å². The number of ether oxygens (including phenoxy) is 1. The number of halogens is 4. The summed E-state index contributed by atoms with van der Waals surface area (Å²) in [5, 5.41) is 10.1. The fourth-order valence-electron chi connectivity index (χ4n) is 3.06. The number of benzene rings is 2. The average molecular weight is 531 g/mol. The predicted octanol–water partition coefficient (Wildman–Crippen LogP) is 7.90. The summed E-state index contributed by atoms with van der Waals surface area (Å²) in [5.74, 6) is -2.02. The van der Waals surface area contributed by atoms with Gasteiger partial charge < -0.3 is 9.84 Å². The second kappa shape index (κ2) is 11.2. The van der Waals surface area contributed by atoms with E-state index in [-0.39, 0.29) is 11.8 Å². The SMILES string of the molecule is CC(OC(=O)C(C)(CCCc1ccc(Sc2cccc(C(F)(F)F)c2)cc1Cl)C(=O)O)C(C)(C)C. The fraction of sp³-hybridized carbons (Fsp3) is 0.462. The van der Waals surface area contributed by atoms with Crippen molar-refractivity contribution in [1.29, 1.82) is 0 Å². The number of hydrogen-bond acceptors (Lipinski definition) is 4. The standard InChI is InChI=1S/C26H30ClF3O4S/c1-16(24(2,3)4)34-23(33)25(5,22(31)32)13-7-8-17-11-12-20(15-21(17)27)35-19-10-6-9-18(14-19)26(28,29)30/h6,9-12,14-16H,7-8,13H2,1-5H3,(H,31,32). The maximum atomic E-state index is 12.9. The van der Waals surface area contributed by atoms with Crippen molar-refractivity contribution >= 4 is 35.3 Å². The summed E-state index contributed by atoms with van der Waals surface area (Å²) in [7, 11) is 0. The normalized spacial score (nSPS) is 14.8. The van der Waals surface area contributed by atoms with E-state index >= 15 is 0 Å². The van der Waals surface area contributed by atoms with Gasteiger partial charge in [-0.1, -0.05) is 56.3 Å². The Hall–Kier alpha value is -2.19. The molecule has 0 amide bonds. The molecule has 35 heavy (non-hydrogen) atoms. The molecule has 0 aromatic heterocycles. The zero-order valence-corrected chi connectivity index (χ0v) is 21.9. The minimum atomic E-state index is -4.42. The lowest BCUT2D eigenvalue weighted by Gasteiger charge is -2.31. The van der Waals surface area contributed by atoms with Gasteiger partial charge in [-0.3, -0.25) is 9.59 Å². The Morgan fingerprint density at radius 1 is 1.06 bits per heavy atom. The van der Waals surface area contributed by atoms with Crippen LogP contribution in [0.3, 0.4) is 0 Å². The third kappa shape index (κ3) is 7.90. The monoisotopic (exact) mass is 530 g/mol. The quantitative estimate of drug-likeness (QED) is 0.264. The van der Waals surface area contributed by atoms with Crippen molar-refractivity contribution in [3.05, 3.63) is 58.6 Å². The molecule has 0 fully saturated rings. The minimum Gasteiger partial charge on any atom is -0.480 e. The largest absolute Gasteiger partial charge is 0.480 e. The highest BCUT2D eigenvalue weighted by Gasteiger charge is 2.44. The van der Waals surface area contributed by atoms with Gasteiger partial charge in [-0.15, -0.1) is 0 Å². The molecule has 0 radical (unpaired) electrons. The molecule has 4 nitrogen and oxygen atoms in total. The van der Waals surface area contributed by atoms with E-state index in [0.29, 0.717) is 27.7 Å². The fourth-order valence-corrected chi connectivity index (χ4v) is 4.32. The van der Waals surface area contributed by atoms with Gasteiger partial charge in [-0.05, 0) is 74.4 Å². The van der Waals surface area contributed by atoms with Crippen LogP contribution in [-0.4, -0.2) is 23.1 Å². The van der Waals surface area contributed by atoms with Gasteiger partial charge in [0.2, 0.25) is 0 Å². The van der Waals surface area contributed by atoms with Crippen LogP contribution >= 0.6 is 23.4 Å². The molecular weight excluding hydrogens is 501 g/mol. The summed E-state index contributed by atoms with van der Waals surface area (Å²) in [6, 6.07) is 10.2. The molecule has 192 valence electrons. The van der Waals surface area contributed by atoms with Crippen molar-refractivity contribution in [2.45, 2.75) is 76.0 Å². The van der Waals surface area contributed by atoms with Crippen LogP contribution in [0, 0.1) is 10.8 Å². The maximum absolute atomic E-state index is 12.9. The molecule has 0 aliphatic heterocycles. The lowest BCUT2D eigenvalue weighted by molar-refractivity contribution is -0.175. The summed E-state index contributed by atoms with van der Waals surface area (Å²) in [5.41, 5.74) is -1.98. The number of aryl methyl sites for hydroxylation is 1. The van der Waals surface area contributed by atoms with Crippen LogP contribution in [-0.2, 0) is 26.9 Å². The van der Waals surface area contributed by atoms with Crippen molar-refractivity contribution < 1.29 is 32.6 Å². The molecule has 0 aliphatic carbocycles. The summed E-state index contributed by atoms with van der Waals surface area (Å²) in [6.45, 7) is 8.81. The van der Waals surface area contributed by atoms with Gasteiger partial charge in [-0.25, -0.2) is 0 Å². The van der Waals surface area contributed by atoms with E-state index in [0.717, 1.165) is 29.5 Å². The van der Waals surface area contributed by atoms with E-state index in [2.05, 4.69) is 0 Å². The lowest BCUT2D eigenvalue weighted by atomic mass is 9.83. The summed E-state index contributed by atoms with van der Waals surface area (Å²) < 4.78 is 44.3. The Bertz CT molecular complexity index is 1070. The minimum absolute atomic E-state index is 0.0646. The van der Waals surface area contributed by atoms with Gasteiger partial charge in [0.15, 0.2) is 5.41 Å².